The summed E-state index contributed by atoms with van der Waals surface area (Å²) in [6.45, 7) is 0. The molecule has 0 fully saturated rings. The van der Waals surface area contributed by atoms with Gasteiger partial charge in [-0.2, -0.15) is 5.26 Å². The number of carbonyl (C=O) groups excluding carboxylic acids is 2. The fraction of sp³-hybridized carbons (Fsp3) is 0. The van der Waals surface area contributed by atoms with E-state index in [1.165, 1.54) is 6.07 Å². The van der Waals surface area contributed by atoms with Crippen molar-refractivity contribution in [1.29, 1.82) is 10.7 Å². The molecule has 1 aliphatic rings. The molecule has 0 radical (unpaired) electrons. The predicted molar refractivity (Wildman–Crippen MR) is 50.2 cm³/mol. The molecule has 0 saturated heterocycles. The average molecular weight is 229 g/mol. The number of halogens is 2. The van der Waals surface area contributed by atoms with Crippen LogP contribution >= 0.6 is 23.2 Å². The second-order valence-electron chi connectivity index (χ2n) is 2.33. The molecule has 70 valence electrons. The van der Waals surface area contributed by atoms with Gasteiger partial charge >= 0.3 is 0 Å². The number of allylic oxidation sites excluding steroid dienone is 4. The van der Waals surface area contributed by atoms with Crippen LogP contribution in [0.1, 0.15) is 0 Å². The second kappa shape index (κ2) is 3.74. The van der Waals surface area contributed by atoms with Crippen molar-refractivity contribution in [3.63, 3.8) is 0 Å². The standard InChI is InChI=1S/C8H2Cl2N2O2/c9-5-6(10)8(14)4(2-12)3(1-11)7(5)13/h1,11H. The minimum atomic E-state index is -0.822. The fourth-order valence-electron chi connectivity index (χ4n) is 0.912. The van der Waals surface area contributed by atoms with Gasteiger partial charge in [-0.3, -0.25) is 9.59 Å². The van der Waals surface area contributed by atoms with Crippen molar-refractivity contribution < 1.29 is 9.59 Å². The molecule has 0 aromatic rings. The highest BCUT2D eigenvalue weighted by Gasteiger charge is 2.32. The molecule has 1 rings (SSSR count). The SMILES string of the molecule is N#CC1=C(C=N)C(=O)C(Cl)=C(Cl)C1=O. The molecule has 1 N–H and O–H groups in total. The maximum absolute atomic E-state index is 11.3. The summed E-state index contributed by atoms with van der Waals surface area (Å²) in [7, 11) is 0. The van der Waals surface area contributed by atoms with Crippen LogP contribution in [-0.4, -0.2) is 17.8 Å². The van der Waals surface area contributed by atoms with Gasteiger partial charge in [0, 0.05) is 6.21 Å². The number of nitrogens with zero attached hydrogens (tertiary/aromatic N) is 1. The van der Waals surface area contributed by atoms with Crippen molar-refractivity contribution in [2.24, 2.45) is 0 Å². The van der Waals surface area contributed by atoms with E-state index in [-0.39, 0.29) is 5.57 Å². The Balaban J connectivity index is 3.48. The first kappa shape index (κ1) is 10.6. The smallest absolute Gasteiger partial charge is 0.217 e. The van der Waals surface area contributed by atoms with Crippen LogP contribution in [0.4, 0.5) is 0 Å². The molecule has 4 nitrogen and oxygen atoms in total. The summed E-state index contributed by atoms with van der Waals surface area (Å²) in [5.74, 6) is -1.60. The number of hydrogen-bond acceptors (Lipinski definition) is 4. The first-order chi connectivity index (χ1) is 6.54. The molecule has 0 aliphatic heterocycles. The molecular weight excluding hydrogens is 227 g/mol. The number of rotatable bonds is 1. The van der Waals surface area contributed by atoms with Gasteiger partial charge in [0.1, 0.15) is 21.7 Å². The van der Waals surface area contributed by atoms with Gasteiger partial charge in [0.15, 0.2) is 0 Å². The summed E-state index contributed by atoms with van der Waals surface area (Å²) in [5.41, 5.74) is -0.772. The Morgan fingerprint density at radius 3 is 2.14 bits per heavy atom. The van der Waals surface area contributed by atoms with E-state index in [0.29, 0.717) is 6.21 Å². The molecular formula is C8H2Cl2N2O2. The average Bonchev–Trinajstić information content (AvgIpc) is 2.20. The predicted octanol–water partition coefficient (Wildman–Crippen LogP) is 1.30. The topological polar surface area (TPSA) is 81.8 Å². The Kier molecular flexibility index (Phi) is 2.84. The molecule has 0 spiro atoms. The van der Waals surface area contributed by atoms with E-state index in [9.17, 15) is 9.59 Å². The number of carbonyl (C=O) groups is 2. The highest BCUT2D eigenvalue weighted by atomic mass is 35.5. The number of nitrogens with one attached hydrogen (secondary N) is 1. The quantitative estimate of drug-likeness (QED) is 0.543. The highest BCUT2D eigenvalue weighted by molar-refractivity contribution is 6.60. The lowest BCUT2D eigenvalue weighted by molar-refractivity contribution is -0.115. The van der Waals surface area contributed by atoms with E-state index in [1.54, 1.807) is 0 Å². The first-order valence-electron chi connectivity index (χ1n) is 3.34. The van der Waals surface area contributed by atoms with E-state index in [2.05, 4.69) is 0 Å². The van der Waals surface area contributed by atoms with Gasteiger partial charge in [-0.15, -0.1) is 0 Å². The van der Waals surface area contributed by atoms with Crippen LogP contribution in [0.25, 0.3) is 0 Å². The zero-order valence-corrected chi connectivity index (χ0v) is 8.11. The van der Waals surface area contributed by atoms with Gasteiger partial charge in [-0.25, -0.2) is 0 Å². The normalized spacial score (nSPS) is 17.2. The van der Waals surface area contributed by atoms with Gasteiger partial charge in [0.05, 0.1) is 5.57 Å². The first-order valence-corrected chi connectivity index (χ1v) is 4.09. The summed E-state index contributed by atoms with van der Waals surface area (Å²) >= 11 is 10.9. The third-order valence-electron chi connectivity index (χ3n) is 1.59. The summed E-state index contributed by atoms with van der Waals surface area (Å²) in [4.78, 5) is 22.6. The number of nitriles is 1. The van der Waals surface area contributed by atoms with Crippen LogP contribution in [-0.2, 0) is 9.59 Å². The minimum Gasteiger partial charge on any atom is -0.308 e. The van der Waals surface area contributed by atoms with E-state index in [4.69, 9.17) is 33.9 Å². The van der Waals surface area contributed by atoms with E-state index in [1.807, 2.05) is 0 Å². The molecule has 6 heteroatoms. The fourth-order valence-corrected chi connectivity index (χ4v) is 1.28. The zero-order valence-electron chi connectivity index (χ0n) is 6.60. The maximum Gasteiger partial charge on any atom is 0.217 e. The van der Waals surface area contributed by atoms with Crippen LogP contribution < -0.4 is 0 Å². The third kappa shape index (κ3) is 1.37. The van der Waals surface area contributed by atoms with Crippen LogP contribution in [0.2, 0.25) is 0 Å². The van der Waals surface area contributed by atoms with Crippen molar-refractivity contribution >= 4 is 41.0 Å². The molecule has 0 amide bonds. The van der Waals surface area contributed by atoms with Crippen LogP contribution in [0, 0.1) is 16.7 Å². The molecule has 0 aromatic heterocycles. The number of ketones is 2. The van der Waals surface area contributed by atoms with Gasteiger partial charge in [-0.05, 0) is 0 Å². The molecule has 0 saturated carbocycles. The van der Waals surface area contributed by atoms with Crippen LogP contribution in [0.15, 0.2) is 21.2 Å². The number of Topliss-reactive ketones (excluding diaryl/α,β-unsaturated/α-hetero) is 2. The molecule has 0 heterocycles. The minimum absolute atomic E-state index is 0.327. The Bertz CT molecular complexity index is 454. The van der Waals surface area contributed by atoms with E-state index in [0.717, 1.165) is 0 Å². The lowest BCUT2D eigenvalue weighted by atomic mass is 9.96. The van der Waals surface area contributed by atoms with Gasteiger partial charge < -0.3 is 5.41 Å². The summed E-state index contributed by atoms with van der Waals surface area (Å²) < 4.78 is 0. The Hall–Kier alpha value is -1.44. The lowest BCUT2D eigenvalue weighted by Gasteiger charge is -2.10. The van der Waals surface area contributed by atoms with Crippen molar-refractivity contribution in [3.8, 4) is 6.07 Å². The van der Waals surface area contributed by atoms with Gasteiger partial charge in [0.25, 0.3) is 0 Å². The molecule has 0 unspecified atom stereocenters. The highest BCUT2D eigenvalue weighted by Crippen LogP contribution is 2.28. The Morgan fingerprint density at radius 2 is 1.71 bits per heavy atom. The molecule has 0 bridgehead atoms. The summed E-state index contributed by atoms with van der Waals surface area (Å²) in [6, 6.07) is 1.52. The van der Waals surface area contributed by atoms with Crippen LogP contribution in [0.5, 0.6) is 0 Å². The van der Waals surface area contributed by atoms with Gasteiger partial charge in [-0.1, -0.05) is 23.2 Å². The molecule has 0 aromatic carbocycles. The molecule has 14 heavy (non-hydrogen) atoms. The summed E-state index contributed by atoms with van der Waals surface area (Å²) in [5, 5.41) is 14.5. The Labute approximate surface area is 88.9 Å². The number of hydrogen-bond donors (Lipinski definition) is 1. The van der Waals surface area contributed by atoms with Crippen molar-refractivity contribution in [1.82, 2.24) is 0 Å². The molecule has 0 atom stereocenters. The van der Waals surface area contributed by atoms with E-state index >= 15 is 0 Å². The maximum atomic E-state index is 11.3. The van der Waals surface area contributed by atoms with Crippen molar-refractivity contribution in [3.05, 3.63) is 21.2 Å². The third-order valence-corrected chi connectivity index (χ3v) is 2.41. The summed E-state index contributed by atoms with van der Waals surface area (Å²) in [6.07, 6.45) is 0.616. The zero-order chi connectivity index (χ0) is 10.9. The Morgan fingerprint density at radius 1 is 1.21 bits per heavy atom. The van der Waals surface area contributed by atoms with E-state index < -0.39 is 27.2 Å². The van der Waals surface area contributed by atoms with Crippen molar-refractivity contribution in [2.45, 2.75) is 0 Å². The second-order valence-corrected chi connectivity index (χ2v) is 3.09. The lowest BCUT2D eigenvalue weighted by Crippen LogP contribution is -2.20. The van der Waals surface area contributed by atoms with Crippen molar-refractivity contribution in [2.75, 3.05) is 0 Å². The van der Waals surface area contributed by atoms with Crippen LogP contribution in [0.3, 0.4) is 0 Å². The van der Waals surface area contributed by atoms with Gasteiger partial charge in [0.2, 0.25) is 11.6 Å². The molecule has 1 aliphatic carbocycles. The largest absolute Gasteiger partial charge is 0.308 e. The monoisotopic (exact) mass is 228 g/mol.